The van der Waals surface area contributed by atoms with Gasteiger partial charge in [0.2, 0.25) is 5.91 Å². The van der Waals surface area contributed by atoms with E-state index in [9.17, 15) is 20.0 Å². The van der Waals surface area contributed by atoms with Gasteiger partial charge in [-0.2, -0.15) is 0 Å². The fourth-order valence-corrected chi connectivity index (χ4v) is 2.21. The van der Waals surface area contributed by atoms with Crippen molar-refractivity contribution < 1.29 is 14.8 Å². The second-order valence-corrected chi connectivity index (χ2v) is 4.80. The molecule has 0 aliphatic heterocycles. The molecular formula is C12H10N2O4S. The average molecular weight is 278 g/mol. The lowest BCUT2D eigenvalue weighted by molar-refractivity contribution is -0.384. The third-order valence-electron chi connectivity index (χ3n) is 2.38. The molecule has 19 heavy (non-hydrogen) atoms. The predicted molar refractivity (Wildman–Crippen MR) is 71.4 cm³/mol. The van der Waals surface area contributed by atoms with Crippen molar-refractivity contribution >= 4 is 28.6 Å². The Morgan fingerprint density at radius 1 is 1.42 bits per heavy atom. The number of carbonyl (C=O) groups is 1. The van der Waals surface area contributed by atoms with E-state index in [4.69, 9.17) is 0 Å². The van der Waals surface area contributed by atoms with Gasteiger partial charge >= 0.3 is 0 Å². The molecule has 0 fully saturated rings. The Hall–Kier alpha value is -2.41. The Morgan fingerprint density at radius 2 is 2.21 bits per heavy atom. The summed E-state index contributed by atoms with van der Waals surface area (Å²) in [6.45, 7) is 0. The lowest BCUT2D eigenvalue weighted by Gasteiger charge is -2.06. The van der Waals surface area contributed by atoms with E-state index >= 15 is 0 Å². The summed E-state index contributed by atoms with van der Waals surface area (Å²) in [4.78, 5) is 22.5. The van der Waals surface area contributed by atoms with Gasteiger partial charge in [-0.3, -0.25) is 14.9 Å². The van der Waals surface area contributed by atoms with Gasteiger partial charge in [0.05, 0.1) is 23.1 Å². The molecule has 0 bridgehead atoms. The first-order valence-electron chi connectivity index (χ1n) is 5.36. The van der Waals surface area contributed by atoms with Gasteiger partial charge < -0.3 is 10.4 Å². The second-order valence-electron chi connectivity index (χ2n) is 3.76. The fraction of sp³-hybridized carbons (Fsp3) is 0.0833. The number of benzene rings is 1. The van der Waals surface area contributed by atoms with Gasteiger partial charge in [0.25, 0.3) is 5.69 Å². The first kappa shape index (κ1) is 13.0. The largest absolute Gasteiger partial charge is 0.506 e. The van der Waals surface area contributed by atoms with Crippen molar-refractivity contribution in [1.29, 1.82) is 0 Å². The summed E-state index contributed by atoms with van der Waals surface area (Å²) in [5.74, 6) is -0.611. The molecule has 0 spiro atoms. The smallest absolute Gasteiger partial charge is 0.273 e. The van der Waals surface area contributed by atoms with Crippen molar-refractivity contribution in [2.45, 2.75) is 6.42 Å². The number of nitro benzene ring substituents is 1. The molecule has 7 heteroatoms. The van der Waals surface area contributed by atoms with E-state index in [1.807, 2.05) is 17.5 Å². The standard InChI is InChI=1S/C12H10N2O4S/c15-11-6-8(14(17)18)3-4-10(11)13-12(16)7-9-2-1-5-19-9/h1-6,15H,7H2,(H,13,16). The topological polar surface area (TPSA) is 92.5 Å². The third-order valence-corrected chi connectivity index (χ3v) is 3.26. The number of carbonyl (C=O) groups excluding carboxylic acids is 1. The number of nitrogens with zero attached hydrogens (tertiary/aromatic N) is 1. The third kappa shape index (κ3) is 3.29. The predicted octanol–water partition coefficient (Wildman–Crippen LogP) is 2.54. The van der Waals surface area contributed by atoms with Gasteiger partial charge in [-0.1, -0.05) is 6.07 Å². The quantitative estimate of drug-likeness (QED) is 0.510. The molecule has 0 unspecified atom stereocenters. The van der Waals surface area contributed by atoms with Gasteiger partial charge in [0, 0.05) is 10.9 Å². The average Bonchev–Trinajstić information content (AvgIpc) is 2.84. The number of nitrogens with one attached hydrogen (secondary N) is 1. The Balaban J connectivity index is 2.07. The number of amides is 1. The zero-order valence-corrected chi connectivity index (χ0v) is 10.5. The molecular weight excluding hydrogens is 268 g/mol. The normalized spacial score (nSPS) is 10.1. The first-order valence-corrected chi connectivity index (χ1v) is 6.24. The number of rotatable bonds is 4. The summed E-state index contributed by atoms with van der Waals surface area (Å²) in [6, 6.07) is 7.21. The van der Waals surface area contributed by atoms with Crippen molar-refractivity contribution in [1.82, 2.24) is 0 Å². The highest BCUT2D eigenvalue weighted by Crippen LogP contribution is 2.28. The zero-order chi connectivity index (χ0) is 13.8. The van der Waals surface area contributed by atoms with E-state index in [-0.39, 0.29) is 29.5 Å². The molecule has 0 aliphatic rings. The Bertz CT molecular complexity index is 610. The lowest BCUT2D eigenvalue weighted by atomic mass is 10.2. The fourth-order valence-electron chi connectivity index (χ4n) is 1.51. The van der Waals surface area contributed by atoms with Gasteiger partial charge in [0.1, 0.15) is 5.75 Å². The molecule has 0 radical (unpaired) electrons. The molecule has 2 rings (SSSR count). The molecule has 0 saturated carbocycles. The number of nitro groups is 1. The minimum absolute atomic E-state index is 0.159. The van der Waals surface area contributed by atoms with Gasteiger partial charge in [-0.05, 0) is 17.5 Å². The highest BCUT2D eigenvalue weighted by Gasteiger charge is 2.12. The minimum atomic E-state index is -0.614. The van der Waals surface area contributed by atoms with Crippen LogP contribution in [0.15, 0.2) is 35.7 Å². The summed E-state index contributed by atoms with van der Waals surface area (Å²) in [7, 11) is 0. The van der Waals surface area contributed by atoms with Crippen LogP contribution in [0, 0.1) is 10.1 Å². The maximum absolute atomic E-state index is 11.7. The van der Waals surface area contributed by atoms with Crippen molar-refractivity contribution in [2.75, 3.05) is 5.32 Å². The molecule has 0 aliphatic carbocycles. The lowest BCUT2D eigenvalue weighted by Crippen LogP contribution is -2.13. The number of hydrogen-bond donors (Lipinski definition) is 2. The van der Waals surface area contributed by atoms with Crippen molar-refractivity contribution in [3.63, 3.8) is 0 Å². The summed E-state index contributed by atoms with van der Waals surface area (Å²) < 4.78 is 0. The van der Waals surface area contributed by atoms with Crippen LogP contribution in [0.3, 0.4) is 0 Å². The number of phenols is 1. The minimum Gasteiger partial charge on any atom is -0.506 e. The molecule has 1 amide bonds. The molecule has 1 aromatic carbocycles. The number of thiophene rings is 1. The first-order chi connectivity index (χ1) is 9.06. The van der Waals surface area contributed by atoms with Gasteiger partial charge in [-0.25, -0.2) is 0 Å². The van der Waals surface area contributed by atoms with Crippen molar-refractivity contribution in [3.05, 3.63) is 50.7 Å². The Kier molecular flexibility index (Phi) is 3.76. The maximum Gasteiger partial charge on any atom is 0.273 e. The molecule has 1 aromatic heterocycles. The summed E-state index contributed by atoms with van der Waals surface area (Å²) in [6.07, 6.45) is 0.202. The zero-order valence-electron chi connectivity index (χ0n) is 9.70. The van der Waals surface area contributed by atoms with Crippen LogP contribution < -0.4 is 5.32 Å². The van der Waals surface area contributed by atoms with Crippen LogP contribution in [0.1, 0.15) is 4.88 Å². The maximum atomic E-state index is 11.7. The number of aromatic hydroxyl groups is 1. The van der Waals surface area contributed by atoms with E-state index in [0.29, 0.717) is 0 Å². The van der Waals surface area contributed by atoms with Crippen LogP contribution in [-0.2, 0) is 11.2 Å². The van der Waals surface area contributed by atoms with Crippen LogP contribution >= 0.6 is 11.3 Å². The van der Waals surface area contributed by atoms with Crippen LogP contribution in [0.25, 0.3) is 0 Å². The van der Waals surface area contributed by atoms with Crippen LogP contribution in [-0.4, -0.2) is 15.9 Å². The Labute approximate surface area is 112 Å². The molecule has 98 valence electrons. The molecule has 2 aromatic rings. The molecule has 6 nitrogen and oxygen atoms in total. The van der Waals surface area contributed by atoms with E-state index < -0.39 is 4.92 Å². The molecule has 0 saturated heterocycles. The van der Waals surface area contributed by atoms with Crippen LogP contribution in [0.5, 0.6) is 5.75 Å². The number of hydrogen-bond acceptors (Lipinski definition) is 5. The van der Waals surface area contributed by atoms with Gasteiger partial charge in [-0.15, -0.1) is 11.3 Å². The monoisotopic (exact) mass is 278 g/mol. The van der Waals surface area contributed by atoms with Crippen molar-refractivity contribution in [2.24, 2.45) is 0 Å². The van der Waals surface area contributed by atoms with Crippen molar-refractivity contribution in [3.8, 4) is 5.75 Å². The number of non-ortho nitro benzene ring substituents is 1. The second kappa shape index (κ2) is 5.49. The Morgan fingerprint density at radius 3 is 2.79 bits per heavy atom. The summed E-state index contributed by atoms with van der Waals surface area (Å²) >= 11 is 1.46. The van der Waals surface area contributed by atoms with E-state index in [1.54, 1.807) is 0 Å². The SMILES string of the molecule is O=C(Cc1cccs1)Nc1ccc([N+](=O)[O-])cc1O. The number of anilines is 1. The van der Waals surface area contributed by atoms with E-state index in [1.165, 1.54) is 23.5 Å². The van der Waals surface area contributed by atoms with Crippen LogP contribution in [0.2, 0.25) is 0 Å². The number of phenolic OH excluding ortho intramolecular Hbond substituents is 1. The molecule has 1 heterocycles. The summed E-state index contributed by atoms with van der Waals surface area (Å²) in [5, 5.41) is 24.5. The highest BCUT2D eigenvalue weighted by molar-refractivity contribution is 7.10. The molecule has 2 N–H and O–H groups in total. The molecule has 0 atom stereocenters. The van der Waals surface area contributed by atoms with E-state index in [0.717, 1.165) is 10.9 Å². The highest BCUT2D eigenvalue weighted by atomic mass is 32.1. The van der Waals surface area contributed by atoms with Crippen LogP contribution in [0.4, 0.5) is 11.4 Å². The van der Waals surface area contributed by atoms with Gasteiger partial charge in [0.15, 0.2) is 0 Å². The van der Waals surface area contributed by atoms with E-state index in [2.05, 4.69) is 5.32 Å². The summed E-state index contributed by atoms with van der Waals surface area (Å²) in [5.41, 5.74) is -0.0686.